The molecule has 0 aliphatic carbocycles. The van der Waals surface area contributed by atoms with Crippen LogP contribution in [0, 0.1) is 0 Å². The van der Waals surface area contributed by atoms with E-state index in [2.05, 4.69) is 0 Å². The summed E-state index contributed by atoms with van der Waals surface area (Å²) in [7, 11) is 1.62. The molecule has 2 nitrogen and oxygen atoms in total. The summed E-state index contributed by atoms with van der Waals surface area (Å²) in [4.78, 5) is 12.0. The first kappa shape index (κ1) is 13.6. The highest BCUT2D eigenvalue weighted by Crippen LogP contribution is 2.15. The van der Waals surface area contributed by atoms with E-state index >= 15 is 0 Å². The van der Waals surface area contributed by atoms with Crippen molar-refractivity contribution in [2.24, 2.45) is 0 Å². The lowest BCUT2D eigenvalue weighted by molar-refractivity contribution is -0.117. The van der Waals surface area contributed by atoms with Crippen LogP contribution in [-0.2, 0) is 17.6 Å². The molecule has 98 valence electrons. The van der Waals surface area contributed by atoms with Crippen LogP contribution in [-0.4, -0.2) is 12.9 Å². The summed E-state index contributed by atoms with van der Waals surface area (Å²) >= 11 is 5.90. The predicted octanol–water partition coefficient (Wildman–Crippen LogP) is 3.70. The molecule has 2 rings (SSSR count). The summed E-state index contributed by atoms with van der Waals surface area (Å²) in [5.41, 5.74) is 1.91. The van der Waals surface area contributed by atoms with Crippen molar-refractivity contribution in [1.29, 1.82) is 0 Å². The molecule has 0 atom stereocenters. The van der Waals surface area contributed by atoms with Gasteiger partial charge in [-0.15, -0.1) is 0 Å². The Morgan fingerprint density at radius 3 is 2.32 bits per heavy atom. The lowest BCUT2D eigenvalue weighted by atomic mass is 10.0. The SMILES string of the molecule is COc1cccc(CC(=O)Cc2cccc(Cl)c2)c1. The van der Waals surface area contributed by atoms with E-state index in [-0.39, 0.29) is 5.78 Å². The summed E-state index contributed by atoms with van der Waals surface area (Å²) in [6.07, 6.45) is 0.807. The van der Waals surface area contributed by atoms with E-state index in [1.54, 1.807) is 13.2 Å². The van der Waals surface area contributed by atoms with Crippen molar-refractivity contribution in [3.8, 4) is 5.75 Å². The first-order valence-corrected chi connectivity index (χ1v) is 6.44. The van der Waals surface area contributed by atoms with Crippen molar-refractivity contribution in [3.63, 3.8) is 0 Å². The number of ether oxygens (including phenoxy) is 1. The van der Waals surface area contributed by atoms with E-state index in [0.717, 1.165) is 16.9 Å². The smallest absolute Gasteiger partial charge is 0.141 e. The number of hydrogen-bond donors (Lipinski definition) is 0. The molecule has 0 N–H and O–H groups in total. The fourth-order valence-electron chi connectivity index (χ4n) is 1.95. The molecule has 0 spiro atoms. The molecule has 0 saturated carbocycles. The fourth-order valence-corrected chi connectivity index (χ4v) is 2.16. The van der Waals surface area contributed by atoms with Gasteiger partial charge in [-0.25, -0.2) is 0 Å². The Bertz CT molecular complexity index is 578. The van der Waals surface area contributed by atoms with E-state index in [4.69, 9.17) is 16.3 Å². The average Bonchev–Trinajstić information content (AvgIpc) is 2.38. The molecule has 0 bridgehead atoms. The third-order valence-corrected chi connectivity index (χ3v) is 3.06. The summed E-state index contributed by atoms with van der Waals surface area (Å²) in [5.74, 6) is 0.934. The zero-order chi connectivity index (χ0) is 13.7. The van der Waals surface area contributed by atoms with Crippen LogP contribution in [0.2, 0.25) is 5.02 Å². The van der Waals surface area contributed by atoms with Gasteiger partial charge in [0.05, 0.1) is 7.11 Å². The van der Waals surface area contributed by atoms with Crippen molar-refractivity contribution < 1.29 is 9.53 Å². The topological polar surface area (TPSA) is 26.3 Å². The minimum absolute atomic E-state index is 0.163. The molecular formula is C16H15ClO2. The number of hydrogen-bond acceptors (Lipinski definition) is 2. The maximum absolute atomic E-state index is 12.0. The standard InChI is InChI=1S/C16H15ClO2/c1-19-16-7-3-5-13(11-16)10-15(18)9-12-4-2-6-14(17)8-12/h2-8,11H,9-10H2,1H3. The molecule has 0 unspecified atom stereocenters. The third-order valence-electron chi connectivity index (χ3n) is 2.83. The predicted molar refractivity (Wildman–Crippen MR) is 76.9 cm³/mol. The zero-order valence-electron chi connectivity index (χ0n) is 10.7. The molecule has 0 aromatic heterocycles. The highest BCUT2D eigenvalue weighted by molar-refractivity contribution is 6.30. The van der Waals surface area contributed by atoms with Crippen molar-refractivity contribution >= 4 is 17.4 Å². The molecule has 0 fully saturated rings. The van der Waals surface area contributed by atoms with Gasteiger partial charge in [0, 0.05) is 17.9 Å². The summed E-state index contributed by atoms with van der Waals surface area (Å²) in [5, 5.41) is 0.659. The molecule has 0 saturated heterocycles. The van der Waals surface area contributed by atoms with E-state index in [1.165, 1.54) is 0 Å². The zero-order valence-corrected chi connectivity index (χ0v) is 11.5. The Morgan fingerprint density at radius 2 is 1.68 bits per heavy atom. The molecule has 0 aliphatic rings. The fraction of sp³-hybridized carbons (Fsp3) is 0.188. The lowest BCUT2D eigenvalue weighted by Crippen LogP contribution is -2.06. The number of carbonyl (C=O) groups excluding carboxylic acids is 1. The van der Waals surface area contributed by atoms with Crippen molar-refractivity contribution in [2.75, 3.05) is 7.11 Å². The second kappa shape index (κ2) is 6.39. The highest BCUT2D eigenvalue weighted by atomic mass is 35.5. The first-order chi connectivity index (χ1) is 9.17. The minimum Gasteiger partial charge on any atom is -0.497 e. The Hall–Kier alpha value is -1.80. The normalized spacial score (nSPS) is 10.2. The number of benzene rings is 2. The van der Waals surface area contributed by atoms with Gasteiger partial charge in [0.15, 0.2) is 0 Å². The van der Waals surface area contributed by atoms with Crippen LogP contribution < -0.4 is 4.74 Å². The number of rotatable bonds is 5. The molecule has 0 heterocycles. The number of methoxy groups -OCH3 is 1. The second-order valence-corrected chi connectivity index (χ2v) is 4.81. The van der Waals surface area contributed by atoms with Gasteiger partial charge in [-0.05, 0) is 35.4 Å². The van der Waals surface area contributed by atoms with Crippen LogP contribution in [0.4, 0.5) is 0 Å². The quantitative estimate of drug-likeness (QED) is 0.831. The lowest BCUT2D eigenvalue weighted by Gasteiger charge is -2.04. The van der Waals surface area contributed by atoms with E-state index in [1.807, 2.05) is 42.5 Å². The van der Waals surface area contributed by atoms with Crippen molar-refractivity contribution in [2.45, 2.75) is 12.8 Å². The van der Waals surface area contributed by atoms with Crippen LogP contribution in [0.1, 0.15) is 11.1 Å². The van der Waals surface area contributed by atoms with E-state index < -0.39 is 0 Å². The van der Waals surface area contributed by atoms with E-state index in [9.17, 15) is 4.79 Å². The molecule has 0 radical (unpaired) electrons. The van der Waals surface area contributed by atoms with Gasteiger partial charge in [-0.3, -0.25) is 4.79 Å². The van der Waals surface area contributed by atoms with Gasteiger partial charge >= 0.3 is 0 Å². The first-order valence-electron chi connectivity index (χ1n) is 6.06. The van der Waals surface area contributed by atoms with Crippen molar-refractivity contribution in [1.82, 2.24) is 0 Å². The Morgan fingerprint density at radius 1 is 1.05 bits per heavy atom. The second-order valence-electron chi connectivity index (χ2n) is 4.37. The molecule has 2 aromatic carbocycles. The molecule has 0 amide bonds. The highest BCUT2D eigenvalue weighted by Gasteiger charge is 2.06. The Labute approximate surface area is 118 Å². The number of Topliss-reactive ketones (excluding diaryl/α,β-unsaturated/α-hetero) is 1. The van der Waals surface area contributed by atoms with Crippen LogP contribution in [0.3, 0.4) is 0 Å². The molecule has 3 heteroatoms. The van der Waals surface area contributed by atoms with Gasteiger partial charge in [0.2, 0.25) is 0 Å². The molecule has 19 heavy (non-hydrogen) atoms. The summed E-state index contributed by atoms with van der Waals surface area (Å²) < 4.78 is 5.14. The van der Waals surface area contributed by atoms with Gasteiger partial charge in [-0.2, -0.15) is 0 Å². The van der Waals surface area contributed by atoms with Crippen molar-refractivity contribution in [3.05, 3.63) is 64.7 Å². The minimum atomic E-state index is 0.163. The Balaban J connectivity index is 2.01. The van der Waals surface area contributed by atoms with Crippen LogP contribution >= 0.6 is 11.6 Å². The number of ketones is 1. The van der Waals surface area contributed by atoms with Crippen LogP contribution in [0.5, 0.6) is 5.75 Å². The van der Waals surface area contributed by atoms with Gasteiger partial charge in [0.1, 0.15) is 11.5 Å². The monoisotopic (exact) mass is 274 g/mol. The van der Waals surface area contributed by atoms with E-state index in [0.29, 0.717) is 17.9 Å². The summed E-state index contributed by atoms with van der Waals surface area (Å²) in [6, 6.07) is 15.0. The Kier molecular flexibility index (Phi) is 4.58. The van der Waals surface area contributed by atoms with Gasteiger partial charge in [-0.1, -0.05) is 35.9 Å². The average molecular weight is 275 g/mol. The number of halogens is 1. The maximum atomic E-state index is 12.0. The van der Waals surface area contributed by atoms with Crippen LogP contribution in [0.25, 0.3) is 0 Å². The van der Waals surface area contributed by atoms with Gasteiger partial charge in [0.25, 0.3) is 0 Å². The number of carbonyl (C=O) groups is 1. The molecular weight excluding hydrogens is 260 g/mol. The summed E-state index contributed by atoms with van der Waals surface area (Å²) in [6.45, 7) is 0. The molecule has 0 aliphatic heterocycles. The molecule has 2 aromatic rings. The van der Waals surface area contributed by atoms with Crippen LogP contribution in [0.15, 0.2) is 48.5 Å². The largest absolute Gasteiger partial charge is 0.497 e. The van der Waals surface area contributed by atoms with Gasteiger partial charge < -0.3 is 4.74 Å². The third kappa shape index (κ3) is 4.11. The maximum Gasteiger partial charge on any atom is 0.141 e.